The molecule has 0 saturated carbocycles. The van der Waals surface area contributed by atoms with Crippen molar-refractivity contribution in [3.05, 3.63) is 30.1 Å². The number of piperazine rings is 1. The molecule has 1 amide bonds. The Kier molecular flexibility index (Phi) is 5.62. The lowest BCUT2D eigenvalue weighted by Gasteiger charge is -2.39. The number of hydrogen-bond acceptors (Lipinski definition) is 4. The van der Waals surface area contributed by atoms with Gasteiger partial charge in [0.05, 0.1) is 12.0 Å². The Morgan fingerprint density at radius 2 is 2.00 bits per heavy atom. The molecule has 23 heavy (non-hydrogen) atoms. The predicted octanol–water partition coefficient (Wildman–Crippen LogP) is 1.93. The lowest BCUT2D eigenvalue weighted by atomic mass is 9.91. The second kappa shape index (κ2) is 7.88. The fourth-order valence-electron chi connectivity index (χ4n) is 3.63. The monoisotopic (exact) mass is 317 g/mol. The summed E-state index contributed by atoms with van der Waals surface area (Å²) in [5.41, 5.74) is 1.28. The van der Waals surface area contributed by atoms with E-state index in [1.54, 1.807) is 0 Å². The van der Waals surface area contributed by atoms with Crippen LogP contribution in [0.3, 0.4) is 0 Å². The van der Waals surface area contributed by atoms with Crippen LogP contribution in [0.4, 0.5) is 0 Å². The number of carbonyl (C=O) groups is 1. The van der Waals surface area contributed by atoms with Crippen molar-refractivity contribution in [1.29, 1.82) is 0 Å². The van der Waals surface area contributed by atoms with Crippen LogP contribution in [0.1, 0.15) is 31.7 Å². The minimum Gasteiger partial charge on any atom is -0.377 e. The summed E-state index contributed by atoms with van der Waals surface area (Å²) in [5.74, 6) is 0.376. The average molecular weight is 317 g/mol. The van der Waals surface area contributed by atoms with Crippen molar-refractivity contribution in [3.63, 3.8) is 0 Å². The highest BCUT2D eigenvalue weighted by atomic mass is 16.5. The van der Waals surface area contributed by atoms with Gasteiger partial charge in [0.2, 0.25) is 5.91 Å². The fourth-order valence-corrected chi connectivity index (χ4v) is 3.63. The summed E-state index contributed by atoms with van der Waals surface area (Å²) in [7, 11) is 0. The molecule has 2 aliphatic heterocycles. The summed E-state index contributed by atoms with van der Waals surface area (Å²) in [4.78, 5) is 21.3. The van der Waals surface area contributed by atoms with Crippen LogP contribution in [-0.2, 0) is 16.1 Å². The molecule has 1 aromatic rings. The van der Waals surface area contributed by atoms with Crippen molar-refractivity contribution in [2.24, 2.45) is 5.92 Å². The molecule has 126 valence electrons. The molecule has 2 saturated heterocycles. The largest absolute Gasteiger partial charge is 0.377 e. The maximum absolute atomic E-state index is 12.8. The van der Waals surface area contributed by atoms with E-state index in [2.05, 4.69) is 28.9 Å². The highest BCUT2D eigenvalue weighted by Gasteiger charge is 2.34. The van der Waals surface area contributed by atoms with Gasteiger partial charge in [-0.05, 0) is 37.0 Å². The highest BCUT2D eigenvalue weighted by Crippen LogP contribution is 2.25. The maximum Gasteiger partial charge on any atom is 0.228 e. The zero-order chi connectivity index (χ0) is 16.1. The van der Waals surface area contributed by atoms with Gasteiger partial charge in [-0.25, -0.2) is 0 Å². The zero-order valence-electron chi connectivity index (χ0n) is 14.0. The van der Waals surface area contributed by atoms with Gasteiger partial charge in [-0.3, -0.25) is 14.7 Å². The minimum absolute atomic E-state index is 0.0699. The quantitative estimate of drug-likeness (QED) is 0.851. The number of aromatic nitrogens is 1. The zero-order valence-corrected chi connectivity index (χ0v) is 14.0. The van der Waals surface area contributed by atoms with Gasteiger partial charge in [-0.1, -0.05) is 6.92 Å². The Balaban J connectivity index is 1.51. The summed E-state index contributed by atoms with van der Waals surface area (Å²) in [6.07, 6.45) is 6.71. The average Bonchev–Trinajstić information content (AvgIpc) is 2.62. The first-order chi connectivity index (χ1) is 11.3. The molecular formula is C18H27N3O2. The first-order valence-electron chi connectivity index (χ1n) is 8.79. The number of nitrogens with zero attached hydrogens (tertiary/aromatic N) is 3. The standard InChI is InChI=1S/C18H27N3O2/c1-2-17-16(4-3-13-23-17)18(22)21-11-9-20(10-12-21)14-15-5-7-19-8-6-15/h5-8,16-17H,2-4,9-14H2,1H3/t16-,17-/m1/s1. The Hall–Kier alpha value is -1.46. The molecule has 0 N–H and O–H groups in total. The Morgan fingerprint density at radius 1 is 1.26 bits per heavy atom. The van der Waals surface area contributed by atoms with Gasteiger partial charge in [-0.2, -0.15) is 0 Å². The highest BCUT2D eigenvalue weighted by molar-refractivity contribution is 5.79. The van der Waals surface area contributed by atoms with E-state index in [0.29, 0.717) is 5.91 Å². The summed E-state index contributed by atoms with van der Waals surface area (Å²) < 4.78 is 5.79. The molecule has 5 nitrogen and oxygen atoms in total. The Bertz CT molecular complexity index is 500. The van der Waals surface area contributed by atoms with E-state index in [1.165, 1.54) is 5.56 Å². The van der Waals surface area contributed by atoms with E-state index in [1.807, 2.05) is 17.3 Å². The summed E-state index contributed by atoms with van der Waals surface area (Å²) in [6, 6.07) is 4.12. The third-order valence-corrected chi connectivity index (χ3v) is 5.00. The fraction of sp³-hybridized carbons (Fsp3) is 0.667. The van der Waals surface area contributed by atoms with Gasteiger partial charge in [0.15, 0.2) is 0 Å². The van der Waals surface area contributed by atoms with Crippen molar-refractivity contribution in [3.8, 4) is 0 Å². The third kappa shape index (κ3) is 4.09. The molecule has 0 radical (unpaired) electrons. The van der Waals surface area contributed by atoms with Crippen LogP contribution in [0.2, 0.25) is 0 Å². The van der Waals surface area contributed by atoms with Crippen molar-refractivity contribution in [1.82, 2.24) is 14.8 Å². The van der Waals surface area contributed by atoms with Crippen LogP contribution in [0.15, 0.2) is 24.5 Å². The SMILES string of the molecule is CC[C@H]1OCCC[C@H]1C(=O)N1CCN(Cc2ccncc2)CC1. The van der Waals surface area contributed by atoms with E-state index in [4.69, 9.17) is 4.74 Å². The Labute approximate surface area is 138 Å². The summed E-state index contributed by atoms with van der Waals surface area (Å²) in [6.45, 7) is 7.41. The number of pyridine rings is 1. The molecule has 1 aromatic heterocycles. The second-order valence-electron chi connectivity index (χ2n) is 6.52. The number of rotatable bonds is 4. The predicted molar refractivity (Wildman–Crippen MR) is 88.8 cm³/mol. The molecule has 3 heterocycles. The molecule has 2 atom stereocenters. The molecule has 0 unspecified atom stereocenters. The molecule has 3 rings (SSSR count). The van der Waals surface area contributed by atoms with Crippen LogP contribution < -0.4 is 0 Å². The second-order valence-corrected chi connectivity index (χ2v) is 6.52. The molecular weight excluding hydrogens is 290 g/mol. The maximum atomic E-state index is 12.8. The minimum atomic E-state index is 0.0699. The van der Waals surface area contributed by atoms with E-state index in [0.717, 1.165) is 58.6 Å². The van der Waals surface area contributed by atoms with Gasteiger partial charge in [-0.15, -0.1) is 0 Å². The van der Waals surface area contributed by atoms with Crippen molar-refractivity contribution >= 4 is 5.91 Å². The topological polar surface area (TPSA) is 45.7 Å². The smallest absolute Gasteiger partial charge is 0.228 e. The van der Waals surface area contributed by atoms with Crippen molar-refractivity contribution in [2.75, 3.05) is 32.8 Å². The third-order valence-electron chi connectivity index (χ3n) is 5.00. The lowest BCUT2D eigenvalue weighted by Crippen LogP contribution is -2.52. The first kappa shape index (κ1) is 16.4. The molecule has 2 fully saturated rings. The molecule has 5 heteroatoms. The van der Waals surface area contributed by atoms with Crippen LogP contribution in [0.5, 0.6) is 0 Å². The van der Waals surface area contributed by atoms with Gasteiger partial charge in [0.25, 0.3) is 0 Å². The van der Waals surface area contributed by atoms with Crippen LogP contribution in [0, 0.1) is 5.92 Å². The van der Waals surface area contributed by atoms with Crippen LogP contribution in [-0.4, -0.2) is 59.6 Å². The number of amides is 1. The van der Waals surface area contributed by atoms with Crippen LogP contribution in [0.25, 0.3) is 0 Å². The summed E-state index contributed by atoms with van der Waals surface area (Å²) >= 11 is 0. The van der Waals surface area contributed by atoms with E-state index >= 15 is 0 Å². The van der Waals surface area contributed by atoms with Gasteiger partial charge < -0.3 is 9.64 Å². The lowest BCUT2D eigenvalue weighted by molar-refractivity contribution is -0.147. The normalized spacial score (nSPS) is 26.2. The molecule has 0 bridgehead atoms. The molecule has 2 aliphatic rings. The van der Waals surface area contributed by atoms with E-state index < -0.39 is 0 Å². The number of carbonyl (C=O) groups excluding carboxylic acids is 1. The van der Waals surface area contributed by atoms with Gasteiger partial charge in [0, 0.05) is 51.7 Å². The van der Waals surface area contributed by atoms with Gasteiger partial charge >= 0.3 is 0 Å². The van der Waals surface area contributed by atoms with E-state index in [9.17, 15) is 4.79 Å². The summed E-state index contributed by atoms with van der Waals surface area (Å²) in [5, 5.41) is 0. The molecule has 0 spiro atoms. The van der Waals surface area contributed by atoms with Gasteiger partial charge in [0.1, 0.15) is 0 Å². The van der Waals surface area contributed by atoms with E-state index in [-0.39, 0.29) is 12.0 Å². The number of hydrogen-bond donors (Lipinski definition) is 0. The number of ether oxygens (including phenoxy) is 1. The molecule has 0 aromatic carbocycles. The van der Waals surface area contributed by atoms with Crippen molar-refractivity contribution in [2.45, 2.75) is 38.8 Å². The first-order valence-corrected chi connectivity index (χ1v) is 8.79. The van der Waals surface area contributed by atoms with Crippen LogP contribution >= 0.6 is 0 Å². The van der Waals surface area contributed by atoms with Crippen molar-refractivity contribution < 1.29 is 9.53 Å². The molecule has 0 aliphatic carbocycles. The Morgan fingerprint density at radius 3 is 2.70 bits per heavy atom.